The summed E-state index contributed by atoms with van der Waals surface area (Å²) in [5.74, 6) is 0.211. The lowest BCUT2D eigenvalue weighted by atomic mass is 10.1. The van der Waals surface area contributed by atoms with E-state index in [1.807, 2.05) is 24.0 Å². The van der Waals surface area contributed by atoms with Gasteiger partial charge >= 0.3 is 0 Å². The van der Waals surface area contributed by atoms with Crippen LogP contribution in [-0.2, 0) is 11.2 Å². The smallest absolute Gasteiger partial charge is 0.244 e. The predicted molar refractivity (Wildman–Crippen MR) is 96.3 cm³/mol. The number of hydrogen-bond donors (Lipinski definition) is 1. The van der Waals surface area contributed by atoms with Gasteiger partial charge in [0.05, 0.1) is 12.6 Å². The zero-order valence-electron chi connectivity index (χ0n) is 14.8. The highest BCUT2D eigenvalue weighted by Gasteiger charge is 2.33. The van der Waals surface area contributed by atoms with Crippen molar-refractivity contribution >= 4 is 11.6 Å². The van der Waals surface area contributed by atoms with Gasteiger partial charge in [-0.2, -0.15) is 0 Å². The molecule has 0 radical (unpaired) electrons. The third-order valence-electron chi connectivity index (χ3n) is 5.61. The molecule has 1 aromatic rings. The summed E-state index contributed by atoms with van der Waals surface area (Å²) in [4.78, 5) is 19.5. The van der Waals surface area contributed by atoms with Crippen LogP contribution < -0.4 is 4.90 Å². The molecule has 0 aliphatic carbocycles. The number of para-hydroxylation sites is 1. The molecule has 0 spiro atoms. The fraction of sp³-hybridized carbons (Fsp3) is 0.632. The van der Waals surface area contributed by atoms with Crippen LogP contribution in [0.2, 0.25) is 0 Å². The van der Waals surface area contributed by atoms with Crippen molar-refractivity contribution in [1.29, 1.82) is 0 Å². The lowest BCUT2D eigenvalue weighted by Gasteiger charge is -2.41. The Bertz CT molecular complexity index is 565. The number of benzene rings is 1. The average Bonchev–Trinajstić information content (AvgIpc) is 3.06. The summed E-state index contributed by atoms with van der Waals surface area (Å²) in [5, 5.41) is 9.46. The maximum Gasteiger partial charge on any atom is 0.244 e. The second kappa shape index (κ2) is 7.64. The Labute approximate surface area is 144 Å². The number of amides is 1. The van der Waals surface area contributed by atoms with Crippen LogP contribution in [0.4, 0.5) is 5.69 Å². The van der Waals surface area contributed by atoms with Crippen LogP contribution in [0.1, 0.15) is 25.8 Å². The molecule has 3 rings (SSSR count). The lowest BCUT2D eigenvalue weighted by molar-refractivity contribution is -0.124. The first-order valence-corrected chi connectivity index (χ1v) is 9.14. The molecule has 1 amide bonds. The van der Waals surface area contributed by atoms with Crippen molar-refractivity contribution in [3.05, 3.63) is 29.8 Å². The Morgan fingerprint density at radius 2 is 1.79 bits per heavy atom. The Hall–Kier alpha value is -1.43. The second-order valence-electron chi connectivity index (χ2n) is 6.86. The summed E-state index contributed by atoms with van der Waals surface area (Å²) in [7, 11) is 0. The lowest BCUT2D eigenvalue weighted by Crippen LogP contribution is -2.56. The molecule has 5 heteroatoms. The zero-order chi connectivity index (χ0) is 17.1. The molecule has 24 heavy (non-hydrogen) atoms. The molecule has 2 aliphatic heterocycles. The number of piperazine rings is 1. The molecule has 2 heterocycles. The summed E-state index contributed by atoms with van der Waals surface area (Å²) >= 11 is 0. The topological polar surface area (TPSA) is 47.0 Å². The molecular weight excluding hydrogens is 302 g/mol. The normalized spacial score (nSPS) is 21.5. The highest BCUT2D eigenvalue weighted by Crippen LogP contribution is 2.28. The standard InChI is InChI=1S/C19H29N3O2/c1-3-17(14-23)21-12-10-20(11-13-21)15(2)19(24)22-9-8-16-6-4-5-7-18(16)22/h4-7,15,17,23H,3,8-14H2,1-2H3. The number of carbonyl (C=O) groups excluding carboxylic acids is 1. The van der Waals surface area contributed by atoms with Gasteiger partial charge < -0.3 is 10.0 Å². The van der Waals surface area contributed by atoms with Crippen molar-refractivity contribution < 1.29 is 9.90 Å². The zero-order valence-corrected chi connectivity index (χ0v) is 14.8. The molecule has 1 N–H and O–H groups in total. The van der Waals surface area contributed by atoms with Gasteiger partial charge in [0.25, 0.3) is 0 Å². The fourth-order valence-electron chi connectivity index (χ4n) is 3.94. The minimum atomic E-state index is -0.0903. The van der Waals surface area contributed by atoms with Gasteiger partial charge in [-0.05, 0) is 31.4 Å². The highest BCUT2D eigenvalue weighted by molar-refractivity contribution is 5.98. The Morgan fingerprint density at radius 3 is 2.46 bits per heavy atom. The summed E-state index contributed by atoms with van der Waals surface area (Å²) in [6.07, 6.45) is 1.92. The van der Waals surface area contributed by atoms with Crippen LogP contribution in [0.3, 0.4) is 0 Å². The van der Waals surface area contributed by atoms with E-state index in [4.69, 9.17) is 0 Å². The van der Waals surface area contributed by atoms with E-state index < -0.39 is 0 Å². The van der Waals surface area contributed by atoms with Crippen molar-refractivity contribution in [2.75, 3.05) is 44.2 Å². The molecule has 2 aliphatic rings. The minimum absolute atomic E-state index is 0.0903. The SMILES string of the molecule is CCC(CO)N1CCN(C(C)C(=O)N2CCc3ccccc32)CC1. The van der Waals surface area contributed by atoms with E-state index in [0.717, 1.165) is 51.3 Å². The second-order valence-corrected chi connectivity index (χ2v) is 6.86. The van der Waals surface area contributed by atoms with Gasteiger partial charge in [0.1, 0.15) is 0 Å². The van der Waals surface area contributed by atoms with Crippen molar-refractivity contribution in [2.45, 2.75) is 38.8 Å². The van der Waals surface area contributed by atoms with E-state index >= 15 is 0 Å². The molecule has 0 aromatic heterocycles. The van der Waals surface area contributed by atoms with Crippen LogP contribution in [0.15, 0.2) is 24.3 Å². The number of rotatable bonds is 5. The van der Waals surface area contributed by atoms with Gasteiger partial charge in [-0.1, -0.05) is 25.1 Å². The van der Waals surface area contributed by atoms with E-state index in [-0.39, 0.29) is 24.6 Å². The van der Waals surface area contributed by atoms with Crippen molar-refractivity contribution in [3.8, 4) is 0 Å². The third-order valence-corrected chi connectivity index (χ3v) is 5.61. The third kappa shape index (κ3) is 3.34. The van der Waals surface area contributed by atoms with Gasteiger partial charge in [-0.15, -0.1) is 0 Å². The number of carbonyl (C=O) groups is 1. The van der Waals surface area contributed by atoms with Gasteiger partial charge in [-0.3, -0.25) is 14.6 Å². The van der Waals surface area contributed by atoms with Gasteiger partial charge in [0.15, 0.2) is 0 Å². The van der Waals surface area contributed by atoms with Crippen LogP contribution >= 0.6 is 0 Å². The van der Waals surface area contributed by atoms with Gasteiger partial charge in [0, 0.05) is 44.5 Å². The molecule has 132 valence electrons. The average molecular weight is 331 g/mol. The highest BCUT2D eigenvalue weighted by atomic mass is 16.3. The van der Waals surface area contributed by atoms with Crippen molar-refractivity contribution in [3.63, 3.8) is 0 Å². The number of nitrogens with zero attached hydrogens (tertiary/aromatic N) is 3. The molecule has 2 atom stereocenters. The number of hydrogen-bond acceptors (Lipinski definition) is 4. The molecule has 0 bridgehead atoms. The summed E-state index contributed by atoms with van der Waals surface area (Å²) in [6.45, 7) is 8.78. The summed E-state index contributed by atoms with van der Waals surface area (Å²) in [6, 6.07) is 8.38. The Balaban J connectivity index is 1.60. The Morgan fingerprint density at radius 1 is 1.12 bits per heavy atom. The molecule has 1 aromatic carbocycles. The van der Waals surface area contributed by atoms with Crippen LogP contribution in [0.25, 0.3) is 0 Å². The number of aliphatic hydroxyl groups is 1. The predicted octanol–water partition coefficient (Wildman–Crippen LogP) is 1.35. The fourth-order valence-corrected chi connectivity index (χ4v) is 3.94. The molecule has 5 nitrogen and oxygen atoms in total. The van der Waals surface area contributed by atoms with Crippen LogP contribution in [0, 0.1) is 0 Å². The summed E-state index contributed by atoms with van der Waals surface area (Å²) < 4.78 is 0. The first-order chi connectivity index (χ1) is 11.7. The molecular formula is C19H29N3O2. The number of fused-ring (bicyclic) bond motifs is 1. The van der Waals surface area contributed by atoms with E-state index in [1.54, 1.807) is 0 Å². The maximum absolute atomic E-state index is 13.0. The monoisotopic (exact) mass is 331 g/mol. The number of anilines is 1. The molecule has 0 saturated carbocycles. The quantitative estimate of drug-likeness (QED) is 0.885. The van der Waals surface area contributed by atoms with Gasteiger partial charge in [0.2, 0.25) is 5.91 Å². The first kappa shape index (κ1) is 17.4. The van der Waals surface area contributed by atoms with E-state index in [2.05, 4.69) is 28.9 Å². The van der Waals surface area contributed by atoms with Gasteiger partial charge in [-0.25, -0.2) is 0 Å². The van der Waals surface area contributed by atoms with E-state index in [0.29, 0.717) is 0 Å². The van der Waals surface area contributed by atoms with E-state index in [9.17, 15) is 9.90 Å². The number of aliphatic hydroxyl groups excluding tert-OH is 1. The maximum atomic E-state index is 13.0. The molecule has 1 fully saturated rings. The van der Waals surface area contributed by atoms with Crippen LogP contribution in [0.5, 0.6) is 0 Å². The molecule has 2 unspecified atom stereocenters. The Kier molecular flexibility index (Phi) is 5.54. The van der Waals surface area contributed by atoms with Crippen molar-refractivity contribution in [2.24, 2.45) is 0 Å². The van der Waals surface area contributed by atoms with E-state index in [1.165, 1.54) is 5.56 Å². The largest absolute Gasteiger partial charge is 0.395 e. The summed E-state index contributed by atoms with van der Waals surface area (Å²) in [5.41, 5.74) is 2.36. The van der Waals surface area contributed by atoms with Crippen molar-refractivity contribution in [1.82, 2.24) is 9.80 Å². The molecule has 1 saturated heterocycles. The minimum Gasteiger partial charge on any atom is -0.395 e. The van der Waals surface area contributed by atoms with Crippen LogP contribution in [-0.4, -0.2) is 72.2 Å². The first-order valence-electron chi connectivity index (χ1n) is 9.14.